The van der Waals surface area contributed by atoms with Gasteiger partial charge in [-0.2, -0.15) is 0 Å². The minimum Gasteiger partial charge on any atom is -0.469 e. The zero-order valence-corrected chi connectivity index (χ0v) is 8.07. The van der Waals surface area contributed by atoms with Gasteiger partial charge in [0.15, 0.2) is 0 Å². The molecule has 2 N–H and O–H groups in total. The third kappa shape index (κ3) is 3.26. The summed E-state index contributed by atoms with van der Waals surface area (Å²) in [5.74, 6) is -0.396. The van der Waals surface area contributed by atoms with Gasteiger partial charge < -0.3 is 9.72 Å². The molecule has 0 unspecified atom stereocenters. The van der Waals surface area contributed by atoms with Gasteiger partial charge in [-0.15, -0.1) is 0 Å². The fourth-order valence-corrected chi connectivity index (χ4v) is 0.909. The van der Waals surface area contributed by atoms with E-state index in [-0.39, 0.29) is 12.0 Å². The van der Waals surface area contributed by atoms with Crippen molar-refractivity contribution >= 4 is 12.0 Å². The standard InChI is InChI=1S/C9H10N2O4/c1-15-7(12)4-2-3-6-5-10-9(14)11-8(6)13/h2-3,5H,4H2,1H3,(H2,10,11,13,14). The van der Waals surface area contributed by atoms with Crippen molar-refractivity contribution in [3.63, 3.8) is 0 Å². The van der Waals surface area contributed by atoms with E-state index in [9.17, 15) is 14.4 Å². The van der Waals surface area contributed by atoms with Crippen LogP contribution in [0.5, 0.6) is 0 Å². The molecule has 0 saturated heterocycles. The van der Waals surface area contributed by atoms with Gasteiger partial charge in [0, 0.05) is 6.20 Å². The van der Waals surface area contributed by atoms with Crippen molar-refractivity contribution in [2.45, 2.75) is 6.42 Å². The molecule has 0 aliphatic heterocycles. The molecule has 0 aliphatic carbocycles. The Kier molecular flexibility index (Phi) is 3.61. The van der Waals surface area contributed by atoms with Crippen LogP contribution in [0, 0.1) is 0 Å². The number of methoxy groups -OCH3 is 1. The summed E-state index contributed by atoms with van der Waals surface area (Å²) < 4.78 is 4.40. The SMILES string of the molecule is COC(=O)CC=Cc1c[nH]c(=O)[nH]c1=O. The molecular formula is C9H10N2O4. The van der Waals surface area contributed by atoms with Gasteiger partial charge in [-0.3, -0.25) is 14.6 Å². The third-order valence-corrected chi connectivity index (χ3v) is 1.66. The number of hydrogen-bond acceptors (Lipinski definition) is 4. The lowest BCUT2D eigenvalue weighted by atomic mass is 10.3. The Morgan fingerprint density at radius 1 is 1.53 bits per heavy atom. The number of carbonyl (C=O) groups excluding carboxylic acids is 1. The van der Waals surface area contributed by atoms with Crippen molar-refractivity contribution in [2.75, 3.05) is 7.11 Å². The molecule has 1 aromatic rings. The summed E-state index contributed by atoms with van der Waals surface area (Å²) >= 11 is 0. The number of rotatable bonds is 3. The van der Waals surface area contributed by atoms with Crippen LogP contribution in [0.25, 0.3) is 6.08 Å². The third-order valence-electron chi connectivity index (χ3n) is 1.66. The van der Waals surface area contributed by atoms with E-state index >= 15 is 0 Å². The number of esters is 1. The quantitative estimate of drug-likeness (QED) is 0.666. The number of carbonyl (C=O) groups is 1. The van der Waals surface area contributed by atoms with Crippen molar-refractivity contribution < 1.29 is 9.53 Å². The summed E-state index contributed by atoms with van der Waals surface area (Å²) in [5, 5.41) is 0. The van der Waals surface area contributed by atoms with Crippen LogP contribution in [0.15, 0.2) is 21.9 Å². The summed E-state index contributed by atoms with van der Waals surface area (Å²) in [7, 11) is 1.28. The molecule has 1 heterocycles. The van der Waals surface area contributed by atoms with E-state index in [1.807, 2.05) is 0 Å². The molecule has 1 aromatic heterocycles. The molecule has 0 bridgehead atoms. The first-order chi connectivity index (χ1) is 7.13. The van der Waals surface area contributed by atoms with Crippen molar-refractivity contribution in [1.29, 1.82) is 0 Å². The maximum Gasteiger partial charge on any atom is 0.325 e. The fraction of sp³-hybridized carbons (Fsp3) is 0.222. The van der Waals surface area contributed by atoms with Crippen molar-refractivity contribution in [3.8, 4) is 0 Å². The zero-order chi connectivity index (χ0) is 11.3. The van der Waals surface area contributed by atoms with Gasteiger partial charge >= 0.3 is 11.7 Å². The molecule has 80 valence electrons. The number of ether oxygens (including phenoxy) is 1. The highest BCUT2D eigenvalue weighted by molar-refractivity contribution is 5.72. The summed E-state index contributed by atoms with van der Waals surface area (Å²) in [6.07, 6.45) is 4.27. The highest BCUT2D eigenvalue weighted by atomic mass is 16.5. The van der Waals surface area contributed by atoms with Crippen LogP contribution >= 0.6 is 0 Å². The van der Waals surface area contributed by atoms with Crippen molar-refractivity contribution in [2.24, 2.45) is 0 Å². The Morgan fingerprint density at radius 2 is 2.27 bits per heavy atom. The van der Waals surface area contributed by atoms with Crippen LogP contribution in [0.4, 0.5) is 0 Å². The molecule has 1 rings (SSSR count). The van der Waals surface area contributed by atoms with E-state index in [4.69, 9.17) is 0 Å². The molecule has 6 heteroatoms. The lowest BCUT2D eigenvalue weighted by Crippen LogP contribution is -2.22. The van der Waals surface area contributed by atoms with Crippen LogP contribution in [-0.4, -0.2) is 23.0 Å². The van der Waals surface area contributed by atoms with E-state index in [1.54, 1.807) is 0 Å². The minimum absolute atomic E-state index is 0.0784. The number of aromatic amines is 2. The number of hydrogen-bond donors (Lipinski definition) is 2. The van der Waals surface area contributed by atoms with Crippen molar-refractivity contribution in [3.05, 3.63) is 38.7 Å². The van der Waals surface area contributed by atoms with Crippen LogP contribution in [-0.2, 0) is 9.53 Å². The van der Waals surface area contributed by atoms with Crippen LogP contribution in [0.3, 0.4) is 0 Å². The van der Waals surface area contributed by atoms with Gasteiger partial charge in [-0.05, 0) is 0 Å². The van der Waals surface area contributed by atoms with Crippen LogP contribution < -0.4 is 11.2 Å². The van der Waals surface area contributed by atoms with Gasteiger partial charge in [-0.1, -0.05) is 12.2 Å². The highest BCUT2D eigenvalue weighted by Gasteiger charge is 1.97. The number of aromatic nitrogens is 2. The molecule has 0 amide bonds. The summed E-state index contributed by atoms with van der Waals surface area (Å²) in [4.78, 5) is 36.9. The first-order valence-electron chi connectivity index (χ1n) is 4.19. The van der Waals surface area contributed by atoms with Gasteiger partial charge in [0.2, 0.25) is 0 Å². The van der Waals surface area contributed by atoms with Gasteiger partial charge in [0.1, 0.15) is 0 Å². The summed E-state index contributed by atoms with van der Waals surface area (Å²) in [6.45, 7) is 0. The van der Waals surface area contributed by atoms with Crippen LogP contribution in [0.2, 0.25) is 0 Å². The highest BCUT2D eigenvalue weighted by Crippen LogP contribution is 1.93. The molecule has 0 aromatic carbocycles. The molecule has 0 aliphatic rings. The summed E-state index contributed by atoms with van der Waals surface area (Å²) in [6, 6.07) is 0. The lowest BCUT2D eigenvalue weighted by Gasteiger charge is -1.92. The Labute approximate surface area is 84.6 Å². The van der Waals surface area contributed by atoms with Gasteiger partial charge in [0.25, 0.3) is 5.56 Å². The zero-order valence-electron chi connectivity index (χ0n) is 8.07. The normalized spacial score (nSPS) is 10.5. The lowest BCUT2D eigenvalue weighted by molar-refractivity contribution is -0.139. The molecule has 0 radical (unpaired) electrons. The number of nitrogens with one attached hydrogen (secondary N) is 2. The Bertz CT molecular complexity index is 483. The van der Waals surface area contributed by atoms with Gasteiger partial charge in [-0.25, -0.2) is 4.79 Å². The van der Waals surface area contributed by atoms with Crippen LogP contribution in [0.1, 0.15) is 12.0 Å². The Morgan fingerprint density at radius 3 is 2.87 bits per heavy atom. The number of H-pyrrole nitrogens is 2. The van der Waals surface area contributed by atoms with E-state index < -0.39 is 17.2 Å². The average molecular weight is 210 g/mol. The summed E-state index contributed by atoms with van der Waals surface area (Å²) in [5.41, 5.74) is -0.788. The second kappa shape index (κ2) is 4.94. The molecule has 15 heavy (non-hydrogen) atoms. The predicted molar refractivity (Wildman–Crippen MR) is 53.4 cm³/mol. The minimum atomic E-state index is -0.565. The van der Waals surface area contributed by atoms with E-state index in [2.05, 4.69) is 14.7 Å². The molecule has 0 saturated carbocycles. The van der Waals surface area contributed by atoms with E-state index in [0.29, 0.717) is 0 Å². The topological polar surface area (TPSA) is 92.0 Å². The fourth-order valence-electron chi connectivity index (χ4n) is 0.909. The molecule has 0 fully saturated rings. The maximum atomic E-state index is 11.1. The Hall–Kier alpha value is -2.11. The second-order valence-electron chi connectivity index (χ2n) is 2.71. The second-order valence-corrected chi connectivity index (χ2v) is 2.71. The van der Waals surface area contributed by atoms with E-state index in [0.717, 1.165) is 0 Å². The smallest absolute Gasteiger partial charge is 0.325 e. The largest absolute Gasteiger partial charge is 0.469 e. The molecule has 0 spiro atoms. The average Bonchev–Trinajstić information content (AvgIpc) is 2.21. The molecule has 0 atom stereocenters. The molecule has 6 nitrogen and oxygen atoms in total. The van der Waals surface area contributed by atoms with Gasteiger partial charge in [0.05, 0.1) is 19.1 Å². The van der Waals surface area contributed by atoms with Crippen molar-refractivity contribution in [1.82, 2.24) is 9.97 Å². The predicted octanol–water partition coefficient (Wildman–Crippen LogP) is -0.361. The maximum absolute atomic E-state index is 11.1. The monoisotopic (exact) mass is 210 g/mol. The first kappa shape index (κ1) is 11.0. The Balaban J connectivity index is 2.77. The van der Waals surface area contributed by atoms with E-state index in [1.165, 1.54) is 25.5 Å². The first-order valence-corrected chi connectivity index (χ1v) is 4.19. The molecular weight excluding hydrogens is 200 g/mol.